The minimum absolute atomic E-state index is 0.0177. The largest absolute Gasteiger partial charge is 0.356 e. The molecule has 1 heterocycles. The Labute approximate surface area is 132 Å². The highest BCUT2D eigenvalue weighted by atomic mass is 32.2. The lowest BCUT2D eigenvalue weighted by molar-refractivity contribution is -0.120. The molecule has 0 spiro atoms. The third-order valence-corrected chi connectivity index (χ3v) is 5.86. The first-order chi connectivity index (χ1) is 10.5. The van der Waals surface area contributed by atoms with Crippen LogP contribution in [0.1, 0.15) is 19.3 Å². The summed E-state index contributed by atoms with van der Waals surface area (Å²) in [5.41, 5.74) is 0. The molecule has 1 aromatic carbocycles. The van der Waals surface area contributed by atoms with Gasteiger partial charge in [0.2, 0.25) is 5.91 Å². The fraction of sp³-hybridized carbons (Fsp3) is 0.562. The van der Waals surface area contributed by atoms with E-state index in [0.717, 1.165) is 25.9 Å². The van der Waals surface area contributed by atoms with Gasteiger partial charge in [-0.15, -0.1) is 0 Å². The number of amides is 1. The number of carbonyl (C=O) groups is 1. The van der Waals surface area contributed by atoms with Gasteiger partial charge in [-0.05, 0) is 51.0 Å². The summed E-state index contributed by atoms with van der Waals surface area (Å²) < 4.78 is 24.2. The van der Waals surface area contributed by atoms with Gasteiger partial charge in [-0.2, -0.15) is 0 Å². The van der Waals surface area contributed by atoms with Gasteiger partial charge >= 0.3 is 0 Å². The zero-order valence-corrected chi connectivity index (χ0v) is 13.8. The van der Waals surface area contributed by atoms with Crippen molar-refractivity contribution >= 4 is 15.7 Å². The Morgan fingerprint density at radius 1 is 1.23 bits per heavy atom. The third-order valence-electron chi connectivity index (χ3n) is 4.13. The number of carbonyl (C=O) groups excluding carboxylic acids is 1. The summed E-state index contributed by atoms with van der Waals surface area (Å²) in [5.74, 6) is 0.181. The van der Waals surface area contributed by atoms with E-state index in [1.807, 2.05) is 0 Å². The van der Waals surface area contributed by atoms with Crippen molar-refractivity contribution in [1.29, 1.82) is 0 Å². The molecule has 1 N–H and O–H groups in total. The van der Waals surface area contributed by atoms with Crippen LogP contribution in [0.4, 0.5) is 0 Å². The van der Waals surface area contributed by atoms with Crippen LogP contribution in [0, 0.1) is 5.92 Å². The number of nitrogens with zero attached hydrogens (tertiary/aromatic N) is 1. The molecule has 1 aromatic rings. The van der Waals surface area contributed by atoms with E-state index in [1.54, 1.807) is 30.3 Å². The van der Waals surface area contributed by atoms with Crippen LogP contribution >= 0.6 is 0 Å². The van der Waals surface area contributed by atoms with Crippen molar-refractivity contribution in [2.24, 2.45) is 5.92 Å². The summed E-state index contributed by atoms with van der Waals surface area (Å²) in [6.07, 6.45) is 2.18. The Bertz CT molecular complexity index is 579. The number of hydrogen-bond donors (Lipinski definition) is 1. The normalized spacial score (nSPS) is 17.3. The highest BCUT2D eigenvalue weighted by Crippen LogP contribution is 2.15. The summed E-state index contributed by atoms with van der Waals surface area (Å²) >= 11 is 0. The highest BCUT2D eigenvalue weighted by molar-refractivity contribution is 7.91. The van der Waals surface area contributed by atoms with Crippen molar-refractivity contribution in [2.45, 2.75) is 24.2 Å². The van der Waals surface area contributed by atoms with Gasteiger partial charge in [0.25, 0.3) is 0 Å². The van der Waals surface area contributed by atoms with Crippen molar-refractivity contribution in [1.82, 2.24) is 10.2 Å². The van der Waals surface area contributed by atoms with Crippen LogP contribution in [0.2, 0.25) is 0 Å². The molecule has 1 amide bonds. The van der Waals surface area contributed by atoms with E-state index in [0.29, 0.717) is 12.5 Å². The molecule has 0 aliphatic carbocycles. The summed E-state index contributed by atoms with van der Waals surface area (Å²) in [4.78, 5) is 14.4. The molecule has 1 fully saturated rings. The molecule has 122 valence electrons. The van der Waals surface area contributed by atoms with Crippen molar-refractivity contribution in [3.05, 3.63) is 30.3 Å². The Morgan fingerprint density at radius 3 is 2.50 bits per heavy atom. The summed E-state index contributed by atoms with van der Waals surface area (Å²) in [5, 5.41) is 2.87. The Hall–Kier alpha value is -1.40. The van der Waals surface area contributed by atoms with Gasteiger partial charge in [-0.3, -0.25) is 4.79 Å². The maximum atomic E-state index is 12.1. The molecule has 0 radical (unpaired) electrons. The first kappa shape index (κ1) is 17.0. The first-order valence-corrected chi connectivity index (χ1v) is 9.35. The van der Waals surface area contributed by atoms with Crippen LogP contribution in [-0.2, 0) is 14.6 Å². The van der Waals surface area contributed by atoms with Crippen LogP contribution in [0.25, 0.3) is 0 Å². The van der Waals surface area contributed by atoms with Crippen LogP contribution in [0.5, 0.6) is 0 Å². The molecule has 0 aromatic heterocycles. The average Bonchev–Trinajstić information content (AvgIpc) is 2.53. The van der Waals surface area contributed by atoms with Gasteiger partial charge < -0.3 is 10.2 Å². The van der Waals surface area contributed by atoms with Crippen LogP contribution in [-0.4, -0.2) is 51.7 Å². The van der Waals surface area contributed by atoms with Gasteiger partial charge in [0.05, 0.1) is 10.6 Å². The fourth-order valence-electron chi connectivity index (χ4n) is 2.59. The predicted molar refractivity (Wildman–Crippen MR) is 86.3 cm³/mol. The van der Waals surface area contributed by atoms with E-state index in [-0.39, 0.29) is 23.0 Å². The molecule has 0 unspecified atom stereocenters. The molecule has 22 heavy (non-hydrogen) atoms. The average molecular weight is 324 g/mol. The van der Waals surface area contributed by atoms with Crippen molar-refractivity contribution < 1.29 is 13.2 Å². The van der Waals surface area contributed by atoms with Crippen molar-refractivity contribution in [2.75, 3.05) is 32.4 Å². The molecule has 2 rings (SSSR count). The van der Waals surface area contributed by atoms with E-state index < -0.39 is 9.84 Å². The van der Waals surface area contributed by atoms with E-state index in [4.69, 9.17) is 0 Å². The topological polar surface area (TPSA) is 66.5 Å². The number of nitrogens with one attached hydrogen (secondary N) is 1. The zero-order chi connectivity index (χ0) is 16.0. The van der Waals surface area contributed by atoms with E-state index in [1.165, 1.54) is 0 Å². The summed E-state index contributed by atoms with van der Waals surface area (Å²) in [7, 11) is -1.27. The predicted octanol–water partition coefficient (Wildman–Crippen LogP) is 1.31. The van der Waals surface area contributed by atoms with Gasteiger partial charge in [0, 0.05) is 13.0 Å². The molecular formula is C16H24N2O3S. The second-order valence-electron chi connectivity index (χ2n) is 5.93. The molecule has 0 saturated carbocycles. The first-order valence-electron chi connectivity index (χ1n) is 7.70. The second-order valence-corrected chi connectivity index (χ2v) is 8.04. The lowest BCUT2D eigenvalue weighted by Gasteiger charge is -2.28. The van der Waals surface area contributed by atoms with Crippen molar-refractivity contribution in [3.8, 4) is 0 Å². The quantitative estimate of drug-likeness (QED) is 0.857. The number of hydrogen-bond acceptors (Lipinski definition) is 4. The molecular weight excluding hydrogens is 300 g/mol. The lowest BCUT2D eigenvalue weighted by Crippen LogP contribution is -2.37. The smallest absolute Gasteiger partial charge is 0.221 e. The monoisotopic (exact) mass is 324 g/mol. The van der Waals surface area contributed by atoms with Gasteiger partial charge in [0.1, 0.15) is 0 Å². The summed E-state index contributed by atoms with van der Waals surface area (Å²) in [6.45, 7) is 2.77. The molecule has 0 bridgehead atoms. The minimum atomic E-state index is -3.37. The molecule has 0 atom stereocenters. The Balaban J connectivity index is 1.74. The highest BCUT2D eigenvalue weighted by Gasteiger charge is 2.19. The number of piperidine rings is 1. The fourth-order valence-corrected chi connectivity index (χ4v) is 3.85. The molecule has 1 aliphatic heterocycles. The SMILES string of the molecule is CN1CCC(CNC(=O)CCS(=O)(=O)c2ccccc2)CC1. The summed E-state index contributed by atoms with van der Waals surface area (Å²) in [6, 6.07) is 8.27. The van der Waals surface area contributed by atoms with E-state index in [2.05, 4.69) is 17.3 Å². The number of likely N-dealkylation sites (tertiary alicyclic amines) is 1. The van der Waals surface area contributed by atoms with E-state index in [9.17, 15) is 13.2 Å². The number of benzene rings is 1. The van der Waals surface area contributed by atoms with E-state index >= 15 is 0 Å². The number of sulfone groups is 1. The molecule has 1 saturated heterocycles. The van der Waals surface area contributed by atoms with Crippen LogP contribution in [0.3, 0.4) is 0 Å². The molecule has 5 nitrogen and oxygen atoms in total. The second kappa shape index (κ2) is 7.74. The number of rotatable bonds is 6. The van der Waals surface area contributed by atoms with Crippen LogP contribution < -0.4 is 5.32 Å². The third kappa shape index (κ3) is 5.10. The molecule has 1 aliphatic rings. The lowest BCUT2D eigenvalue weighted by atomic mass is 9.97. The van der Waals surface area contributed by atoms with Gasteiger partial charge in [-0.25, -0.2) is 8.42 Å². The Morgan fingerprint density at radius 2 is 1.86 bits per heavy atom. The molecule has 6 heteroatoms. The van der Waals surface area contributed by atoms with Crippen molar-refractivity contribution in [3.63, 3.8) is 0 Å². The standard InChI is InChI=1S/C16H24N2O3S/c1-18-10-7-14(8-11-18)13-17-16(19)9-12-22(20,21)15-5-3-2-4-6-15/h2-6,14H,7-13H2,1H3,(H,17,19). The maximum Gasteiger partial charge on any atom is 0.221 e. The van der Waals surface area contributed by atoms with Gasteiger partial charge in [0.15, 0.2) is 9.84 Å². The van der Waals surface area contributed by atoms with Gasteiger partial charge in [-0.1, -0.05) is 18.2 Å². The maximum absolute atomic E-state index is 12.1. The Kier molecular flexibility index (Phi) is 5.97. The minimum Gasteiger partial charge on any atom is -0.356 e. The van der Waals surface area contributed by atoms with Crippen LogP contribution in [0.15, 0.2) is 35.2 Å². The zero-order valence-electron chi connectivity index (χ0n) is 13.0.